The van der Waals surface area contributed by atoms with E-state index in [-0.39, 0.29) is 15.4 Å². The molecule has 0 fully saturated rings. The fourth-order valence-electron chi connectivity index (χ4n) is 1.73. The van der Waals surface area contributed by atoms with Gasteiger partial charge in [0.15, 0.2) is 0 Å². The van der Waals surface area contributed by atoms with Gasteiger partial charge in [-0.1, -0.05) is 23.5 Å². The fraction of sp³-hybridized carbons (Fsp3) is 0.0833. The number of carbonyl (C=O) groups excluding carboxylic acids is 1. The van der Waals surface area contributed by atoms with Gasteiger partial charge in [-0.3, -0.25) is 4.79 Å². The van der Waals surface area contributed by atoms with E-state index >= 15 is 0 Å². The molecule has 1 N–H and O–H groups in total. The zero-order valence-corrected chi connectivity index (χ0v) is 12.2. The van der Waals surface area contributed by atoms with Gasteiger partial charge in [0, 0.05) is 5.69 Å². The van der Waals surface area contributed by atoms with E-state index in [1.807, 2.05) is 18.2 Å². The lowest BCUT2D eigenvalue weighted by Gasteiger charge is -2.06. The van der Waals surface area contributed by atoms with E-state index in [2.05, 4.69) is 25.6 Å². The van der Waals surface area contributed by atoms with Crippen LogP contribution in [0.4, 0.5) is 5.69 Å². The number of halogens is 1. The molecule has 0 atom stereocenters. The maximum Gasteiger partial charge on any atom is 0.286 e. The molecule has 9 heteroatoms. The van der Waals surface area contributed by atoms with Crippen molar-refractivity contribution in [2.45, 2.75) is 6.54 Å². The predicted molar refractivity (Wildman–Crippen MR) is 78.4 cm³/mol. The van der Waals surface area contributed by atoms with Crippen LogP contribution in [-0.2, 0) is 6.54 Å². The average Bonchev–Trinajstić information content (AvgIpc) is 3.11. The highest BCUT2D eigenvalue weighted by Gasteiger charge is 2.12. The van der Waals surface area contributed by atoms with E-state index in [4.69, 9.17) is 11.6 Å². The standard InChI is InChI=1S/C12H9ClN6OS/c13-12-18-17-11(21-12)10(20)16-9-3-1-2-8(4-9)5-19-7-14-6-15-19/h1-4,6-7H,5H2,(H,16,20). The molecule has 0 unspecified atom stereocenters. The summed E-state index contributed by atoms with van der Waals surface area (Å²) in [4.78, 5) is 15.9. The van der Waals surface area contributed by atoms with Gasteiger partial charge in [-0.15, -0.1) is 10.2 Å². The van der Waals surface area contributed by atoms with Crippen LogP contribution in [0.5, 0.6) is 0 Å². The molecule has 3 aromatic rings. The van der Waals surface area contributed by atoms with Crippen LogP contribution in [0.1, 0.15) is 15.4 Å². The molecule has 0 saturated carbocycles. The normalized spacial score (nSPS) is 10.5. The van der Waals surface area contributed by atoms with Crippen LogP contribution < -0.4 is 5.32 Å². The minimum absolute atomic E-state index is 0.224. The summed E-state index contributed by atoms with van der Waals surface area (Å²) in [5.41, 5.74) is 1.66. The third kappa shape index (κ3) is 3.41. The van der Waals surface area contributed by atoms with Crippen molar-refractivity contribution >= 4 is 34.5 Å². The van der Waals surface area contributed by atoms with Gasteiger partial charge in [-0.05, 0) is 29.3 Å². The summed E-state index contributed by atoms with van der Waals surface area (Å²) in [6, 6.07) is 7.46. The first-order valence-corrected chi connectivity index (χ1v) is 7.12. The summed E-state index contributed by atoms with van der Waals surface area (Å²) in [6.07, 6.45) is 3.11. The second-order valence-electron chi connectivity index (χ2n) is 4.11. The molecule has 1 aromatic carbocycles. The Hall–Kier alpha value is -2.32. The first-order valence-electron chi connectivity index (χ1n) is 5.92. The van der Waals surface area contributed by atoms with Crippen LogP contribution in [0.25, 0.3) is 0 Å². The molecule has 0 aliphatic heterocycles. The van der Waals surface area contributed by atoms with E-state index in [0.29, 0.717) is 12.2 Å². The summed E-state index contributed by atoms with van der Waals surface area (Å²) in [5.74, 6) is -0.336. The van der Waals surface area contributed by atoms with Crippen molar-refractivity contribution in [2.75, 3.05) is 5.32 Å². The van der Waals surface area contributed by atoms with Gasteiger partial charge >= 0.3 is 0 Å². The number of nitrogens with one attached hydrogen (secondary N) is 1. The maximum absolute atomic E-state index is 12.0. The Kier molecular flexibility index (Phi) is 3.89. The maximum atomic E-state index is 12.0. The molecular weight excluding hydrogens is 312 g/mol. The Morgan fingerprint density at radius 3 is 3.00 bits per heavy atom. The second kappa shape index (κ2) is 5.98. The lowest BCUT2D eigenvalue weighted by molar-refractivity contribution is 0.102. The molecule has 0 spiro atoms. The van der Waals surface area contributed by atoms with Crippen LogP contribution in [0.15, 0.2) is 36.9 Å². The zero-order valence-electron chi connectivity index (χ0n) is 10.6. The van der Waals surface area contributed by atoms with Crippen LogP contribution >= 0.6 is 22.9 Å². The van der Waals surface area contributed by atoms with Gasteiger partial charge in [0.1, 0.15) is 12.7 Å². The lowest BCUT2D eigenvalue weighted by atomic mass is 10.2. The molecule has 0 bridgehead atoms. The topological polar surface area (TPSA) is 85.6 Å². The minimum Gasteiger partial charge on any atom is -0.320 e. The molecule has 2 heterocycles. The van der Waals surface area contributed by atoms with Crippen LogP contribution in [0, 0.1) is 0 Å². The number of rotatable bonds is 4. The molecule has 106 valence electrons. The zero-order chi connectivity index (χ0) is 14.7. The molecular formula is C12H9ClN6OS. The number of aromatic nitrogens is 5. The van der Waals surface area contributed by atoms with Crippen molar-refractivity contribution in [3.05, 3.63) is 52.0 Å². The smallest absolute Gasteiger partial charge is 0.286 e. The first kappa shape index (κ1) is 13.7. The molecule has 21 heavy (non-hydrogen) atoms. The Balaban J connectivity index is 1.72. The van der Waals surface area contributed by atoms with Gasteiger partial charge in [0.05, 0.1) is 6.54 Å². The van der Waals surface area contributed by atoms with Crippen LogP contribution in [0.3, 0.4) is 0 Å². The highest BCUT2D eigenvalue weighted by molar-refractivity contribution is 7.17. The molecule has 7 nitrogen and oxygen atoms in total. The number of nitrogens with zero attached hydrogens (tertiary/aromatic N) is 5. The quantitative estimate of drug-likeness (QED) is 0.795. The monoisotopic (exact) mass is 320 g/mol. The van der Waals surface area contributed by atoms with Crippen molar-refractivity contribution in [1.29, 1.82) is 0 Å². The van der Waals surface area contributed by atoms with Gasteiger partial charge in [0.25, 0.3) is 5.91 Å². The lowest BCUT2D eigenvalue weighted by Crippen LogP contribution is -2.12. The number of anilines is 1. The van der Waals surface area contributed by atoms with Crippen LogP contribution in [0.2, 0.25) is 4.47 Å². The van der Waals surface area contributed by atoms with Crippen LogP contribution in [-0.4, -0.2) is 30.9 Å². The summed E-state index contributed by atoms with van der Waals surface area (Å²) in [5, 5.41) is 14.3. The van der Waals surface area contributed by atoms with Crippen molar-refractivity contribution in [1.82, 2.24) is 25.0 Å². The van der Waals surface area contributed by atoms with E-state index in [1.54, 1.807) is 17.1 Å². The molecule has 0 radical (unpaired) electrons. The molecule has 0 saturated heterocycles. The third-order valence-electron chi connectivity index (χ3n) is 2.59. The number of hydrogen-bond donors (Lipinski definition) is 1. The summed E-state index contributed by atoms with van der Waals surface area (Å²) in [6.45, 7) is 0.578. The predicted octanol–water partition coefficient (Wildman–Crippen LogP) is 2.08. The van der Waals surface area contributed by atoms with E-state index in [1.165, 1.54) is 6.33 Å². The molecule has 1 amide bonds. The number of hydrogen-bond acceptors (Lipinski definition) is 6. The highest BCUT2D eigenvalue weighted by Crippen LogP contribution is 2.17. The van der Waals surface area contributed by atoms with Crippen molar-refractivity contribution in [3.63, 3.8) is 0 Å². The molecule has 0 aliphatic carbocycles. The minimum atomic E-state index is -0.336. The Labute approximate surface area is 128 Å². The van der Waals surface area contributed by atoms with Crippen molar-refractivity contribution in [2.24, 2.45) is 0 Å². The second-order valence-corrected chi connectivity index (χ2v) is 5.67. The molecule has 3 rings (SSSR count). The Bertz CT molecular complexity index is 757. The number of carbonyl (C=O) groups is 1. The summed E-state index contributed by atoms with van der Waals surface area (Å²) >= 11 is 6.69. The van der Waals surface area contributed by atoms with Crippen molar-refractivity contribution in [3.8, 4) is 0 Å². The fourth-order valence-corrected chi connectivity index (χ4v) is 2.45. The Morgan fingerprint density at radius 1 is 1.38 bits per heavy atom. The van der Waals surface area contributed by atoms with Gasteiger partial charge in [-0.2, -0.15) is 5.10 Å². The highest BCUT2D eigenvalue weighted by atomic mass is 35.5. The largest absolute Gasteiger partial charge is 0.320 e. The summed E-state index contributed by atoms with van der Waals surface area (Å²) < 4.78 is 1.94. The van der Waals surface area contributed by atoms with Gasteiger partial charge < -0.3 is 5.32 Å². The van der Waals surface area contributed by atoms with E-state index < -0.39 is 0 Å². The van der Waals surface area contributed by atoms with E-state index in [0.717, 1.165) is 16.9 Å². The average molecular weight is 321 g/mol. The van der Waals surface area contributed by atoms with Crippen molar-refractivity contribution < 1.29 is 4.79 Å². The molecule has 2 aromatic heterocycles. The first-order chi connectivity index (χ1) is 10.2. The molecule has 0 aliphatic rings. The SMILES string of the molecule is O=C(Nc1cccc(Cn2cncn2)c1)c1nnc(Cl)s1. The Morgan fingerprint density at radius 2 is 2.29 bits per heavy atom. The third-order valence-corrected chi connectivity index (χ3v) is 3.61. The number of benzene rings is 1. The number of amides is 1. The van der Waals surface area contributed by atoms with E-state index in [9.17, 15) is 4.79 Å². The van der Waals surface area contributed by atoms with Gasteiger partial charge in [-0.25, -0.2) is 9.67 Å². The summed E-state index contributed by atoms with van der Waals surface area (Å²) in [7, 11) is 0. The van der Waals surface area contributed by atoms with Gasteiger partial charge in [0.2, 0.25) is 9.47 Å².